The van der Waals surface area contributed by atoms with Gasteiger partial charge in [0.2, 0.25) is 0 Å². The lowest BCUT2D eigenvalue weighted by Crippen LogP contribution is -2.27. The van der Waals surface area contributed by atoms with Gasteiger partial charge in [0, 0.05) is 10.4 Å². The molecule has 6 heteroatoms. The molecule has 3 aromatic rings. The van der Waals surface area contributed by atoms with Crippen LogP contribution in [0.15, 0.2) is 36.4 Å². The third-order valence-electron chi connectivity index (χ3n) is 4.07. The van der Waals surface area contributed by atoms with E-state index in [1.54, 1.807) is 0 Å². The van der Waals surface area contributed by atoms with Crippen LogP contribution in [0.1, 0.15) is 37.5 Å². The molecule has 2 N–H and O–H groups in total. The van der Waals surface area contributed by atoms with E-state index in [4.69, 9.17) is 22.1 Å². The predicted molar refractivity (Wildman–Crippen MR) is 105 cm³/mol. The van der Waals surface area contributed by atoms with E-state index in [1.807, 2.05) is 64.1 Å². The number of carbonyl (C=O) groups is 1. The summed E-state index contributed by atoms with van der Waals surface area (Å²) in [6.45, 7) is 7.46. The van der Waals surface area contributed by atoms with E-state index in [2.05, 4.69) is 5.10 Å². The summed E-state index contributed by atoms with van der Waals surface area (Å²) in [5.74, 6) is 0.298. The molecule has 0 spiro atoms. The van der Waals surface area contributed by atoms with Crippen LogP contribution in [0.25, 0.3) is 10.9 Å². The second-order valence-electron chi connectivity index (χ2n) is 7.34. The zero-order valence-electron chi connectivity index (χ0n) is 15.3. The molecule has 1 heterocycles. The van der Waals surface area contributed by atoms with Crippen molar-refractivity contribution in [1.29, 1.82) is 0 Å². The summed E-state index contributed by atoms with van der Waals surface area (Å²) in [5, 5.41) is 5.60. The number of halogens is 1. The molecule has 5 nitrogen and oxygen atoms in total. The Morgan fingerprint density at radius 3 is 2.65 bits per heavy atom. The van der Waals surface area contributed by atoms with Crippen molar-refractivity contribution in [3.63, 3.8) is 0 Å². The summed E-state index contributed by atoms with van der Waals surface area (Å²) in [5.41, 5.74) is 9.17. The Balaban J connectivity index is 2.02. The minimum atomic E-state index is -0.615. The standard InChI is InChI=1S/C20H22ClN3O2/c1-12-6-5-7-16(21)15(12)10-13-8-9-14-17(11-13)24(23-18(14)22)19(25)26-20(2,3)4/h5-9,11H,10H2,1-4H3,(H2,22,23). The molecule has 0 fully saturated rings. The number of anilines is 1. The highest BCUT2D eigenvalue weighted by atomic mass is 35.5. The van der Waals surface area contributed by atoms with Crippen LogP contribution in [0, 0.1) is 6.92 Å². The number of carbonyl (C=O) groups excluding carboxylic acids is 1. The van der Waals surface area contributed by atoms with Crippen molar-refractivity contribution in [2.24, 2.45) is 0 Å². The van der Waals surface area contributed by atoms with E-state index in [0.717, 1.165) is 27.1 Å². The zero-order chi connectivity index (χ0) is 19.1. The molecule has 0 saturated heterocycles. The van der Waals surface area contributed by atoms with E-state index < -0.39 is 11.7 Å². The van der Waals surface area contributed by atoms with E-state index in [-0.39, 0.29) is 0 Å². The van der Waals surface area contributed by atoms with Gasteiger partial charge in [-0.1, -0.05) is 29.8 Å². The normalized spacial score (nSPS) is 11.7. The molecule has 136 valence electrons. The van der Waals surface area contributed by atoms with Crippen molar-refractivity contribution in [2.75, 3.05) is 5.73 Å². The largest absolute Gasteiger partial charge is 0.442 e. The SMILES string of the molecule is Cc1cccc(Cl)c1Cc1ccc2c(N)nn(C(=O)OC(C)(C)C)c2c1. The van der Waals surface area contributed by atoms with Crippen LogP contribution >= 0.6 is 11.6 Å². The monoisotopic (exact) mass is 371 g/mol. The number of nitrogens with two attached hydrogens (primary N) is 1. The molecule has 0 radical (unpaired) electrons. The third-order valence-corrected chi connectivity index (χ3v) is 4.43. The third kappa shape index (κ3) is 3.68. The minimum absolute atomic E-state index is 0.298. The molecule has 0 aliphatic heterocycles. The second-order valence-corrected chi connectivity index (χ2v) is 7.75. The number of nitrogen functional groups attached to an aromatic ring is 1. The second kappa shape index (κ2) is 6.65. The number of aryl methyl sites for hydroxylation is 1. The Kier molecular flexibility index (Phi) is 4.67. The van der Waals surface area contributed by atoms with Gasteiger partial charge in [-0.25, -0.2) is 4.79 Å². The highest BCUT2D eigenvalue weighted by Crippen LogP contribution is 2.27. The number of rotatable bonds is 2. The van der Waals surface area contributed by atoms with Crippen molar-refractivity contribution in [2.45, 2.75) is 39.7 Å². The first-order chi connectivity index (χ1) is 12.2. The van der Waals surface area contributed by atoms with Gasteiger partial charge in [-0.05, 0) is 69.0 Å². The van der Waals surface area contributed by atoms with E-state index in [9.17, 15) is 4.79 Å². The molecule has 0 aliphatic carbocycles. The number of benzene rings is 2. The molecule has 0 atom stereocenters. The lowest BCUT2D eigenvalue weighted by Gasteiger charge is -2.19. The molecule has 2 aromatic carbocycles. The maximum atomic E-state index is 12.5. The Morgan fingerprint density at radius 2 is 2.00 bits per heavy atom. The first kappa shape index (κ1) is 18.3. The van der Waals surface area contributed by atoms with Gasteiger partial charge in [-0.2, -0.15) is 4.68 Å². The van der Waals surface area contributed by atoms with Gasteiger partial charge in [0.05, 0.1) is 5.52 Å². The molecule has 0 aliphatic rings. The maximum Gasteiger partial charge on any atom is 0.435 e. The van der Waals surface area contributed by atoms with Gasteiger partial charge in [0.15, 0.2) is 5.82 Å². The average molecular weight is 372 g/mol. The number of hydrogen-bond donors (Lipinski definition) is 1. The first-order valence-electron chi connectivity index (χ1n) is 8.40. The van der Waals surface area contributed by atoms with Crippen LogP contribution in [0.4, 0.5) is 10.6 Å². The predicted octanol–water partition coefficient (Wildman–Crippen LogP) is 4.95. The fraction of sp³-hybridized carbons (Fsp3) is 0.300. The number of fused-ring (bicyclic) bond motifs is 1. The zero-order valence-corrected chi connectivity index (χ0v) is 16.1. The Hall–Kier alpha value is -2.53. The number of hydrogen-bond acceptors (Lipinski definition) is 4. The summed E-state index contributed by atoms with van der Waals surface area (Å²) < 4.78 is 6.65. The summed E-state index contributed by atoms with van der Waals surface area (Å²) >= 11 is 6.34. The minimum Gasteiger partial charge on any atom is -0.442 e. The van der Waals surface area contributed by atoms with Gasteiger partial charge < -0.3 is 10.5 Å². The number of nitrogens with zero attached hydrogens (tertiary/aromatic N) is 2. The van der Waals surface area contributed by atoms with Crippen LogP contribution in [-0.2, 0) is 11.2 Å². The smallest absolute Gasteiger partial charge is 0.435 e. The lowest BCUT2D eigenvalue weighted by molar-refractivity contribution is 0.0523. The average Bonchev–Trinajstić information content (AvgIpc) is 2.86. The molecular weight excluding hydrogens is 350 g/mol. The van der Waals surface area contributed by atoms with Crippen molar-refractivity contribution >= 4 is 34.4 Å². The molecule has 0 unspecified atom stereocenters. The van der Waals surface area contributed by atoms with Crippen molar-refractivity contribution in [1.82, 2.24) is 9.78 Å². The van der Waals surface area contributed by atoms with Gasteiger partial charge in [-0.3, -0.25) is 0 Å². The van der Waals surface area contributed by atoms with Gasteiger partial charge in [0.1, 0.15) is 5.60 Å². The Bertz CT molecular complexity index is 966. The quantitative estimate of drug-likeness (QED) is 0.691. The van der Waals surface area contributed by atoms with Crippen LogP contribution < -0.4 is 5.73 Å². The summed E-state index contributed by atoms with van der Waals surface area (Å²) in [7, 11) is 0. The van der Waals surface area contributed by atoms with Crippen LogP contribution in [0.3, 0.4) is 0 Å². The first-order valence-corrected chi connectivity index (χ1v) is 8.78. The fourth-order valence-electron chi connectivity index (χ4n) is 2.83. The van der Waals surface area contributed by atoms with Crippen LogP contribution in [-0.4, -0.2) is 21.5 Å². The molecule has 0 amide bonds. The fourth-order valence-corrected chi connectivity index (χ4v) is 3.12. The maximum absolute atomic E-state index is 12.5. The summed E-state index contributed by atoms with van der Waals surface area (Å²) in [6.07, 6.45) is 0.103. The van der Waals surface area contributed by atoms with E-state index in [0.29, 0.717) is 17.8 Å². The van der Waals surface area contributed by atoms with Crippen molar-refractivity contribution < 1.29 is 9.53 Å². The van der Waals surface area contributed by atoms with Crippen LogP contribution in [0.5, 0.6) is 0 Å². The molecule has 3 rings (SSSR count). The Morgan fingerprint density at radius 1 is 1.27 bits per heavy atom. The highest BCUT2D eigenvalue weighted by molar-refractivity contribution is 6.31. The van der Waals surface area contributed by atoms with E-state index in [1.165, 1.54) is 4.68 Å². The van der Waals surface area contributed by atoms with Gasteiger partial charge in [0.25, 0.3) is 0 Å². The summed E-state index contributed by atoms with van der Waals surface area (Å²) in [4.78, 5) is 12.5. The van der Waals surface area contributed by atoms with Gasteiger partial charge >= 0.3 is 6.09 Å². The van der Waals surface area contributed by atoms with Crippen LogP contribution in [0.2, 0.25) is 5.02 Å². The van der Waals surface area contributed by atoms with E-state index >= 15 is 0 Å². The number of aromatic nitrogens is 2. The molecular formula is C20H22ClN3O2. The molecule has 1 aromatic heterocycles. The van der Waals surface area contributed by atoms with Gasteiger partial charge in [-0.15, -0.1) is 5.10 Å². The van der Waals surface area contributed by atoms with Crippen molar-refractivity contribution in [3.05, 3.63) is 58.1 Å². The Labute approximate surface area is 157 Å². The topological polar surface area (TPSA) is 70.1 Å². The highest BCUT2D eigenvalue weighted by Gasteiger charge is 2.21. The molecule has 0 saturated carbocycles. The summed E-state index contributed by atoms with van der Waals surface area (Å²) in [6, 6.07) is 11.6. The lowest BCUT2D eigenvalue weighted by atomic mass is 10.00. The van der Waals surface area contributed by atoms with Crippen molar-refractivity contribution in [3.8, 4) is 0 Å². The molecule has 26 heavy (non-hydrogen) atoms. The molecule has 0 bridgehead atoms. The number of ether oxygens (including phenoxy) is 1.